The molecule has 5 rings (SSSR count). The second kappa shape index (κ2) is 9.85. The quantitative estimate of drug-likeness (QED) is 0.407. The van der Waals surface area contributed by atoms with Crippen molar-refractivity contribution in [2.75, 3.05) is 17.7 Å². The molecule has 0 spiro atoms. The first-order valence-electron chi connectivity index (χ1n) is 11.5. The lowest BCUT2D eigenvalue weighted by Gasteiger charge is -2.12. The lowest BCUT2D eigenvalue weighted by atomic mass is 10.1. The van der Waals surface area contributed by atoms with Gasteiger partial charge < -0.3 is 10.1 Å². The number of anilines is 1. The lowest BCUT2D eigenvalue weighted by molar-refractivity contribution is 0.102. The van der Waals surface area contributed by atoms with Crippen molar-refractivity contribution in [1.29, 1.82) is 0 Å². The van der Waals surface area contributed by atoms with Crippen LogP contribution in [0.5, 0.6) is 0 Å². The van der Waals surface area contributed by atoms with Crippen molar-refractivity contribution >= 4 is 21.4 Å². The maximum Gasteiger partial charge on any atom is 0.255 e. The Morgan fingerprint density at radius 3 is 2.54 bits per heavy atom. The van der Waals surface area contributed by atoms with Crippen molar-refractivity contribution in [2.24, 2.45) is 0 Å². The van der Waals surface area contributed by atoms with Crippen LogP contribution in [0, 0.1) is 0 Å². The van der Waals surface area contributed by atoms with Gasteiger partial charge in [-0.3, -0.25) is 4.79 Å². The molecule has 35 heavy (non-hydrogen) atoms. The van der Waals surface area contributed by atoms with Gasteiger partial charge in [-0.05, 0) is 61.4 Å². The Morgan fingerprint density at radius 1 is 1.00 bits per heavy atom. The molecule has 8 heteroatoms. The number of nitrogens with zero attached hydrogens (tertiary/aromatic N) is 2. The van der Waals surface area contributed by atoms with Crippen LogP contribution in [0.4, 0.5) is 5.69 Å². The third-order valence-corrected chi connectivity index (χ3v) is 7.77. The summed E-state index contributed by atoms with van der Waals surface area (Å²) < 4.78 is 32.5. The second-order valence-electron chi connectivity index (χ2n) is 8.44. The molecule has 1 aliphatic heterocycles. The van der Waals surface area contributed by atoms with Gasteiger partial charge in [-0.25, -0.2) is 13.1 Å². The normalized spacial score (nSPS) is 15.7. The van der Waals surface area contributed by atoms with Crippen LogP contribution < -0.4 is 5.32 Å². The molecule has 4 aromatic rings. The number of hydrogen-bond donors (Lipinski definition) is 1. The maximum absolute atomic E-state index is 12.9. The van der Waals surface area contributed by atoms with Gasteiger partial charge in [-0.15, -0.1) is 0 Å². The summed E-state index contributed by atoms with van der Waals surface area (Å²) >= 11 is 0. The van der Waals surface area contributed by atoms with Crippen molar-refractivity contribution in [1.82, 2.24) is 9.78 Å². The number of carbonyl (C=O) groups is 1. The van der Waals surface area contributed by atoms with Crippen LogP contribution in [0.25, 0.3) is 16.9 Å². The minimum atomic E-state index is -3.45. The number of hydrogen-bond acceptors (Lipinski definition) is 5. The molecule has 1 fully saturated rings. The van der Waals surface area contributed by atoms with Gasteiger partial charge in [0.05, 0.1) is 34.3 Å². The molecule has 1 atom stereocenters. The number of rotatable bonds is 7. The highest BCUT2D eigenvalue weighted by atomic mass is 32.2. The predicted molar refractivity (Wildman–Crippen MR) is 134 cm³/mol. The molecule has 1 aromatic heterocycles. The summed E-state index contributed by atoms with van der Waals surface area (Å²) in [4.78, 5) is 13.1. The molecule has 1 unspecified atom stereocenters. The standard InChI is InChI=1S/C27H25N3O4S/c31-27(29-22-11-13-25(14-12-22)35(32,33)19-24-10-5-17-34-24)21-8-4-9-23(18-21)30-26(15-16-28-30)20-6-2-1-3-7-20/h1-4,6-9,11-16,18,24H,5,10,17,19H2,(H,29,31). The number of aromatic nitrogens is 2. The van der Waals surface area contributed by atoms with Crippen LogP contribution in [-0.4, -0.2) is 42.6 Å². The largest absolute Gasteiger partial charge is 0.377 e. The first-order chi connectivity index (χ1) is 17.0. The number of amides is 1. The Labute approximate surface area is 204 Å². The highest BCUT2D eigenvalue weighted by Gasteiger charge is 2.24. The highest BCUT2D eigenvalue weighted by Crippen LogP contribution is 2.24. The van der Waals surface area contributed by atoms with Crippen LogP contribution in [0.2, 0.25) is 0 Å². The summed E-state index contributed by atoms with van der Waals surface area (Å²) in [5, 5.41) is 7.28. The van der Waals surface area contributed by atoms with Gasteiger partial charge in [0.25, 0.3) is 5.91 Å². The third-order valence-electron chi connectivity index (χ3n) is 5.97. The van der Waals surface area contributed by atoms with Crippen molar-refractivity contribution in [3.63, 3.8) is 0 Å². The van der Waals surface area contributed by atoms with E-state index in [9.17, 15) is 13.2 Å². The minimum absolute atomic E-state index is 0.0239. The molecular weight excluding hydrogens is 462 g/mol. The van der Waals surface area contributed by atoms with E-state index in [2.05, 4.69) is 10.4 Å². The van der Waals surface area contributed by atoms with Crippen molar-refractivity contribution in [3.05, 3.63) is 96.7 Å². The molecule has 0 aliphatic carbocycles. The Hall–Kier alpha value is -3.75. The smallest absolute Gasteiger partial charge is 0.255 e. The van der Waals surface area contributed by atoms with E-state index >= 15 is 0 Å². The molecule has 7 nitrogen and oxygen atoms in total. The molecule has 3 aromatic carbocycles. The predicted octanol–water partition coefficient (Wildman–Crippen LogP) is 4.74. The van der Waals surface area contributed by atoms with E-state index in [4.69, 9.17) is 4.74 Å². The average molecular weight is 488 g/mol. The van der Waals surface area contributed by atoms with Crippen LogP contribution in [0.15, 0.2) is 96.0 Å². The number of sulfone groups is 1. The topological polar surface area (TPSA) is 90.3 Å². The monoisotopic (exact) mass is 487 g/mol. The van der Waals surface area contributed by atoms with E-state index in [0.29, 0.717) is 17.9 Å². The molecule has 1 amide bonds. The summed E-state index contributed by atoms with van der Waals surface area (Å²) in [5.41, 5.74) is 3.68. The molecule has 1 aliphatic rings. The molecule has 2 heterocycles. The van der Waals surface area contributed by atoms with E-state index in [1.54, 1.807) is 35.1 Å². The van der Waals surface area contributed by atoms with Gasteiger partial charge in [0, 0.05) is 23.4 Å². The molecular formula is C27H25N3O4S. The van der Waals surface area contributed by atoms with E-state index in [-0.39, 0.29) is 22.7 Å². The molecule has 0 radical (unpaired) electrons. The van der Waals surface area contributed by atoms with Crippen LogP contribution in [-0.2, 0) is 14.6 Å². The summed E-state index contributed by atoms with van der Waals surface area (Å²) in [7, 11) is -3.45. The Kier molecular flexibility index (Phi) is 6.48. The first-order valence-corrected chi connectivity index (χ1v) is 13.1. The zero-order valence-corrected chi connectivity index (χ0v) is 19.8. The zero-order chi connectivity index (χ0) is 24.3. The van der Waals surface area contributed by atoms with Gasteiger partial charge >= 0.3 is 0 Å². The number of nitrogens with one attached hydrogen (secondary N) is 1. The highest BCUT2D eigenvalue weighted by molar-refractivity contribution is 7.91. The fraction of sp³-hybridized carbons (Fsp3) is 0.185. The summed E-state index contributed by atoms with van der Waals surface area (Å²) in [6, 6.07) is 25.3. The van der Waals surface area contributed by atoms with Gasteiger partial charge in [0.1, 0.15) is 0 Å². The van der Waals surface area contributed by atoms with Crippen molar-refractivity contribution in [2.45, 2.75) is 23.8 Å². The van der Waals surface area contributed by atoms with Gasteiger partial charge in [-0.1, -0.05) is 36.4 Å². The molecule has 0 saturated carbocycles. The van der Waals surface area contributed by atoms with E-state index in [0.717, 1.165) is 29.8 Å². The van der Waals surface area contributed by atoms with Crippen LogP contribution in [0.3, 0.4) is 0 Å². The Bertz CT molecular complexity index is 1420. The van der Waals surface area contributed by atoms with Crippen molar-refractivity contribution in [3.8, 4) is 16.9 Å². The Balaban J connectivity index is 1.31. The third kappa shape index (κ3) is 5.18. The Morgan fingerprint density at radius 2 is 1.80 bits per heavy atom. The van der Waals surface area contributed by atoms with Crippen LogP contribution >= 0.6 is 0 Å². The van der Waals surface area contributed by atoms with Crippen molar-refractivity contribution < 1.29 is 17.9 Å². The number of benzene rings is 3. The molecule has 1 N–H and O–H groups in total. The maximum atomic E-state index is 12.9. The zero-order valence-electron chi connectivity index (χ0n) is 19.0. The summed E-state index contributed by atoms with van der Waals surface area (Å²) in [6.45, 7) is 0.611. The van der Waals surface area contributed by atoms with Crippen LogP contribution in [0.1, 0.15) is 23.2 Å². The second-order valence-corrected chi connectivity index (χ2v) is 10.5. The number of carbonyl (C=O) groups excluding carboxylic acids is 1. The van der Waals surface area contributed by atoms with E-state index < -0.39 is 9.84 Å². The molecule has 178 valence electrons. The average Bonchev–Trinajstić information content (AvgIpc) is 3.57. The first kappa shape index (κ1) is 23.0. The summed E-state index contributed by atoms with van der Waals surface area (Å²) in [6.07, 6.45) is 3.13. The van der Waals surface area contributed by atoms with Gasteiger partial charge in [0.15, 0.2) is 9.84 Å². The lowest BCUT2D eigenvalue weighted by Crippen LogP contribution is -2.20. The van der Waals surface area contributed by atoms with E-state index in [1.165, 1.54) is 12.1 Å². The van der Waals surface area contributed by atoms with Gasteiger partial charge in [0.2, 0.25) is 0 Å². The van der Waals surface area contributed by atoms with E-state index in [1.807, 2.05) is 48.5 Å². The molecule has 0 bridgehead atoms. The minimum Gasteiger partial charge on any atom is -0.377 e. The number of ether oxygens (including phenoxy) is 1. The molecule has 1 saturated heterocycles. The summed E-state index contributed by atoms with van der Waals surface area (Å²) in [5.74, 6) is -0.320. The fourth-order valence-corrected chi connectivity index (χ4v) is 5.68. The van der Waals surface area contributed by atoms with Gasteiger partial charge in [-0.2, -0.15) is 5.10 Å². The fourth-order valence-electron chi connectivity index (χ4n) is 4.18. The SMILES string of the molecule is O=C(Nc1ccc(S(=O)(=O)CC2CCCO2)cc1)c1cccc(-n2nccc2-c2ccccc2)c1.